The van der Waals surface area contributed by atoms with Gasteiger partial charge in [0.05, 0.1) is 18.1 Å². The maximum absolute atomic E-state index is 10.6. The van der Waals surface area contributed by atoms with Gasteiger partial charge in [-0.3, -0.25) is 9.59 Å². The van der Waals surface area contributed by atoms with Crippen LogP contribution in [0.2, 0.25) is 0 Å². The van der Waals surface area contributed by atoms with Crippen LogP contribution in [0.4, 0.5) is 0 Å². The lowest BCUT2D eigenvalue weighted by molar-refractivity contribution is -0.137. The molecule has 6 nitrogen and oxygen atoms in total. The van der Waals surface area contributed by atoms with Crippen LogP contribution in [0.3, 0.4) is 0 Å². The molecule has 0 aliphatic rings. The van der Waals surface area contributed by atoms with Gasteiger partial charge in [-0.15, -0.1) is 0 Å². The van der Waals surface area contributed by atoms with E-state index in [-0.39, 0.29) is 25.5 Å². The average Bonchev–Trinajstić information content (AvgIpc) is 2.15. The van der Waals surface area contributed by atoms with Gasteiger partial charge in [0.25, 0.3) is 0 Å². The second-order valence-corrected chi connectivity index (χ2v) is 7.62. The predicted octanol–water partition coefficient (Wildman–Crippen LogP) is 1.74. The first-order chi connectivity index (χ1) is 8.00. The molecule has 0 aromatic heterocycles. The van der Waals surface area contributed by atoms with Crippen molar-refractivity contribution < 1.29 is 28.2 Å². The van der Waals surface area contributed by atoms with Gasteiger partial charge >= 0.3 is 11.9 Å². The summed E-state index contributed by atoms with van der Waals surface area (Å²) in [7, 11) is -3.18. The Bertz CT molecular complexity index is 363. The second-order valence-electron chi connectivity index (χ2n) is 3.88. The minimum absolute atomic E-state index is 0. The lowest BCUT2D eigenvalue weighted by Gasteiger charge is -2.03. The molecule has 0 amide bonds. The molecule has 0 rings (SSSR count). The molecular weight excluding hydrogens is 292 g/mol. The number of carboxylic acid groups (broad SMARTS) is 2. The van der Waals surface area contributed by atoms with Crippen LogP contribution in [-0.4, -0.2) is 53.6 Å². The molecule has 0 fully saturated rings. The van der Waals surface area contributed by atoms with Gasteiger partial charge in [0.2, 0.25) is 0 Å². The third-order valence-electron chi connectivity index (χ3n) is 2.06. The van der Waals surface area contributed by atoms with E-state index in [1.54, 1.807) is 11.8 Å². The Labute approximate surface area is 119 Å². The zero-order valence-corrected chi connectivity index (χ0v) is 12.5. The van der Waals surface area contributed by atoms with Gasteiger partial charge in [-0.25, -0.2) is 8.42 Å². The van der Waals surface area contributed by atoms with Gasteiger partial charge in [0, 0.05) is 11.5 Å². The molecule has 0 radical (unpaired) electrons. The zero-order chi connectivity index (χ0) is 14.9. The van der Waals surface area contributed by atoms with Crippen molar-refractivity contribution in [1.29, 1.82) is 0 Å². The minimum atomic E-state index is -3.18. The zero-order valence-electron chi connectivity index (χ0n) is 10.9. The predicted molar refractivity (Wildman–Crippen MR) is 78.5 cm³/mol. The molecule has 0 saturated carbocycles. The molecule has 0 aliphatic carbocycles. The Balaban J connectivity index is -0.000000262. The van der Waals surface area contributed by atoms with Crippen LogP contribution in [0, 0.1) is 0 Å². The molecule has 8 heteroatoms. The van der Waals surface area contributed by atoms with E-state index in [1.165, 1.54) is 6.92 Å². The van der Waals surface area contributed by atoms with Gasteiger partial charge in [0.15, 0.2) is 9.84 Å². The number of carbonyl (C=O) groups is 2. The topological polar surface area (TPSA) is 109 Å². The fourth-order valence-electron chi connectivity index (χ4n) is 0.727. The van der Waals surface area contributed by atoms with Crippen LogP contribution in [0.15, 0.2) is 0 Å². The van der Waals surface area contributed by atoms with Crippen LogP contribution in [0.5, 0.6) is 0 Å². The molecule has 116 valence electrons. The summed E-state index contributed by atoms with van der Waals surface area (Å²) >= 11 is 1.57. The molecule has 0 aromatic carbocycles. The molecule has 0 saturated heterocycles. The highest BCUT2D eigenvalue weighted by Crippen LogP contribution is 2.08. The normalized spacial score (nSPS) is 13.3. The van der Waals surface area contributed by atoms with Crippen molar-refractivity contribution in [2.24, 2.45) is 0 Å². The van der Waals surface area contributed by atoms with Crippen LogP contribution >= 0.6 is 11.8 Å². The number of hydrogen-bond donors (Lipinski definition) is 2. The quantitative estimate of drug-likeness (QED) is 0.768. The Kier molecular flexibility index (Phi) is 13.6. The standard InChI is InChI=1S/C5H10O4S.C5H10O2S.CH4/c1-4(3-5(6)7)10(2,8)9;1-4(8-2)3-5(6)7;/h4H,3H2,1-2H3,(H,6,7);4H,3H2,1-2H3,(H,6,7);1H4. The molecule has 0 spiro atoms. The highest BCUT2D eigenvalue weighted by atomic mass is 32.2. The largest absolute Gasteiger partial charge is 0.481 e. The monoisotopic (exact) mass is 316 g/mol. The fraction of sp³-hybridized carbons (Fsp3) is 0.818. The summed E-state index contributed by atoms with van der Waals surface area (Å²) in [5, 5.41) is 15.8. The molecule has 0 aliphatic heterocycles. The SMILES string of the molecule is C.CC(CC(=O)O)S(C)(=O)=O.CSC(C)CC(=O)O. The van der Waals surface area contributed by atoms with Gasteiger partial charge in [-0.1, -0.05) is 14.4 Å². The van der Waals surface area contributed by atoms with E-state index in [1.807, 2.05) is 13.2 Å². The van der Waals surface area contributed by atoms with Crippen molar-refractivity contribution in [1.82, 2.24) is 0 Å². The molecule has 0 aromatic rings. The first-order valence-electron chi connectivity index (χ1n) is 5.16. The van der Waals surface area contributed by atoms with Crippen LogP contribution in [0.25, 0.3) is 0 Å². The summed E-state index contributed by atoms with van der Waals surface area (Å²) in [5.41, 5.74) is 0. The first-order valence-corrected chi connectivity index (χ1v) is 8.40. The summed E-state index contributed by atoms with van der Waals surface area (Å²) in [6, 6.07) is 0. The molecule has 19 heavy (non-hydrogen) atoms. The number of aliphatic carboxylic acids is 2. The van der Waals surface area contributed by atoms with Crippen LogP contribution < -0.4 is 0 Å². The van der Waals surface area contributed by atoms with Crippen molar-refractivity contribution in [3.05, 3.63) is 0 Å². The van der Waals surface area contributed by atoms with Gasteiger partial charge in [0.1, 0.15) is 0 Å². The average molecular weight is 316 g/mol. The summed E-state index contributed by atoms with van der Waals surface area (Å²) < 4.78 is 21.2. The summed E-state index contributed by atoms with van der Waals surface area (Å²) in [6.07, 6.45) is 2.88. The van der Waals surface area contributed by atoms with Crippen molar-refractivity contribution in [2.45, 2.75) is 44.6 Å². The van der Waals surface area contributed by atoms with E-state index < -0.39 is 27.0 Å². The maximum Gasteiger partial charge on any atom is 0.304 e. The maximum atomic E-state index is 10.6. The van der Waals surface area contributed by atoms with E-state index in [2.05, 4.69) is 0 Å². The highest BCUT2D eigenvalue weighted by Gasteiger charge is 2.17. The van der Waals surface area contributed by atoms with Crippen molar-refractivity contribution in [2.75, 3.05) is 12.5 Å². The first kappa shape index (κ1) is 23.3. The van der Waals surface area contributed by atoms with Crippen LogP contribution in [0.1, 0.15) is 34.1 Å². The molecule has 2 atom stereocenters. The van der Waals surface area contributed by atoms with E-state index in [0.717, 1.165) is 6.26 Å². The van der Waals surface area contributed by atoms with Gasteiger partial charge in [-0.2, -0.15) is 11.8 Å². The number of carboxylic acids is 2. The smallest absolute Gasteiger partial charge is 0.304 e. The summed E-state index contributed by atoms with van der Waals surface area (Å²) in [4.78, 5) is 19.9. The summed E-state index contributed by atoms with van der Waals surface area (Å²) in [6.45, 7) is 3.28. The lowest BCUT2D eigenvalue weighted by Crippen LogP contribution is -2.19. The lowest BCUT2D eigenvalue weighted by atomic mass is 10.3. The number of sulfone groups is 1. The van der Waals surface area contributed by atoms with Crippen molar-refractivity contribution >= 4 is 33.5 Å². The third-order valence-corrected chi connectivity index (χ3v) is 4.66. The second kappa shape index (κ2) is 11.1. The number of thioether (sulfide) groups is 1. The Morgan fingerprint density at radius 1 is 1.11 bits per heavy atom. The fourth-order valence-corrected chi connectivity index (χ4v) is 1.48. The number of hydrogen-bond acceptors (Lipinski definition) is 5. The van der Waals surface area contributed by atoms with Crippen LogP contribution in [-0.2, 0) is 19.4 Å². The molecule has 0 heterocycles. The number of rotatable bonds is 6. The molecule has 2 N–H and O–H groups in total. The van der Waals surface area contributed by atoms with Gasteiger partial charge in [-0.05, 0) is 13.2 Å². The Morgan fingerprint density at radius 3 is 1.58 bits per heavy atom. The highest BCUT2D eigenvalue weighted by molar-refractivity contribution is 7.99. The minimum Gasteiger partial charge on any atom is -0.481 e. The molecule has 0 bridgehead atoms. The van der Waals surface area contributed by atoms with E-state index in [0.29, 0.717) is 0 Å². The Morgan fingerprint density at radius 2 is 1.47 bits per heavy atom. The Hall–Kier alpha value is -0.760. The van der Waals surface area contributed by atoms with Crippen molar-refractivity contribution in [3.63, 3.8) is 0 Å². The molecular formula is C11H24O6S2. The third kappa shape index (κ3) is 17.2. The van der Waals surface area contributed by atoms with E-state index in [9.17, 15) is 18.0 Å². The van der Waals surface area contributed by atoms with E-state index >= 15 is 0 Å². The van der Waals surface area contributed by atoms with Crippen molar-refractivity contribution in [3.8, 4) is 0 Å². The van der Waals surface area contributed by atoms with E-state index in [4.69, 9.17) is 10.2 Å². The molecule has 2 unspecified atom stereocenters. The summed E-state index contributed by atoms with van der Waals surface area (Å²) in [5.74, 6) is -1.80. The van der Waals surface area contributed by atoms with Gasteiger partial charge < -0.3 is 10.2 Å².